The first-order valence-corrected chi connectivity index (χ1v) is 12.6. The largest absolute Gasteiger partial charge is 0.454 e. The number of Topliss-reactive ketones (excluding diaryl/α,β-unsaturated/α-hetero) is 1. The second kappa shape index (κ2) is 7.35. The predicted molar refractivity (Wildman–Crippen MR) is 129 cm³/mol. The number of rotatable bonds is 3. The highest BCUT2D eigenvalue weighted by molar-refractivity contribution is 7.99. The molecule has 170 valence electrons. The lowest BCUT2D eigenvalue weighted by Gasteiger charge is -2.36. The van der Waals surface area contributed by atoms with Gasteiger partial charge in [0.1, 0.15) is 5.54 Å². The SMILES string of the molecule is O=C(c1ccc2c(c1)OCO2)C1C(c2ccccc2)C2CSCN2[C@@]12C(=O)Nc1ccccc12. The van der Waals surface area contributed by atoms with E-state index in [1.165, 1.54) is 0 Å². The van der Waals surface area contributed by atoms with Gasteiger partial charge in [0.15, 0.2) is 17.3 Å². The van der Waals surface area contributed by atoms with Gasteiger partial charge < -0.3 is 14.8 Å². The summed E-state index contributed by atoms with van der Waals surface area (Å²) in [6.45, 7) is 0.149. The number of carbonyl (C=O) groups excluding carboxylic acids is 2. The van der Waals surface area contributed by atoms with Gasteiger partial charge in [0.2, 0.25) is 12.7 Å². The summed E-state index contributed by atoms with van der Waals surface area (Å²) in [5.41, 5.74) is 2.26. The Morgan fingerprint density at radius 1 is 1.00 bits per heavy atom. The standard InChI is InChI=1S/C27H22N2O4S/c30-25(17-10-11-21-22(12-17)33-15-32-21)24-23(16-6-2-1-3-7-16)20-13-34-14-29(20)27(24)18-8-4-5-9-19(18)28-26(27)31/h1-12,20,23-24H,13-15H2,(H,28,31)/t20?,23?,24?,27-/m1/s1. The molecule has 3 aromatic rings. The van der Waals surface area contributed by atoms with Gasteiger partial charge in [0.05, 0.1) is 5.92 Å². The molecule has 1 spiro atoms. The van der Waals surface area contributed by atoms with E-state index in [2.05, 4.69) is 22.3 Å². The molecule has 1 amide bonds. The number of nitrogens with one attached hydrogen (secondary N) is 1. The zero-order valence-corrected chi connectivity index (χ0v) is 19.1. The molecule has 4 atom stereocenters. The van der Waals surface area contributed by atoms with Gasteiger partial charge in [0.25, 0.3) is 0 Å². The van der Waals surface area contributed by atoms with E-state index < -0.39 is 11.5 Å². The summed E-state index contributed by atoms with van der Waals surface area (Å²) in [4.78, 5) is 30.7. The maximum atomic E-state index is 14.5. The summed E-state index contributed by atoms with van der Waals surface area (Å²) in [5, 5.41) is 3.11. The molecule has 34 heavy (non-hydrogen) atoms. The van der Waals surface area contributed by atoms with Crippen LogP contribution in [0.4, 0.5) is 5.69 Å². The van der Waals surface area contributed by atoms with Crippen LogP contribution in [-0.4, -0.2) is 41.1 Å². The zero-order valence-electron chi connectivity index (χ0n) is 18.3. The van der Waals surface area contributed by atoms with E-state index in [9.17, 15) is 9.59 Å². The van der Waals surface area contributed by atoms with Crippen molar-refractivity contribution in [3.63, 3.8) is 0 Å². The van der Waals surface area contributed by atoms with Crippen molar-refractivity contribution < 1.29 is 19.1 Å². The van der Waals surface area contributed by atoms with Crippen LogP contribution in [0.3, 0.4) is 0 Å². The number of thioether (sulfide) groups is 1. The molecule has 0 aromatic heterocycles. The minimum Gasteiger partial charge on any atom is -0.454 e. The van der Waals surface area contributed by atoms with Crippen LogP contribution in [-0.2, 0) is 10.3 Å². The molecular weight excluding hydrogens is 448 g/mol. The van der Waals surface area contributed by atoms with Crippen molar-refractivity contribution in [3.8, 4) is 11.5 Å². The lowest BCUT2D eigenvalue weighted by molar-refractivity contribution is -0.127. The molecule has 1 N–H and O–H groups in total. The molecule has 0 aliphatic carbocycles. The van der Waals surface area contributed by atoms with Crippen molar-refractivity contribution in [1.82, 2.24) is 4.90 Å². The van der Waals surface area contributed by atoms with Gasteiger partial charge in [-0.3, -0.25) is 14.5 Å². The van der Waals surface area contributed by atoms with Crippen LogP contribution in [0.2, 0.25) is 0 Å². The van der Waals surface area contributed by atoms with Crippen LogP contribution in [0.15, 0.2) is 72.8 Å². The molecule has 3 aromatic carbocycles. The summed E-state index contributed by atoms with van der Waals surface area (Å²) in [7, 11) is 0. The van der Waals surface area contributed by atoms with Crippen molar-refractivity contribution in [1.29, 1.82) is 0 Å². The molecule has 2 saturated heterocycles. The molecule has 4 heterocycles. The van der Waals surface area contributed by atoms with Gasteiger partial charge in [-0.1, -0.05) is 48.5 Å². The Bertz CT molecular complexity index is 1330. The number of hydrogen-bond donors (Lipinski definition) is 1. The predicted octanol–water partition coefficient (Wildman–Crippen LogP) is 4.23. The Morgan fingerprint density at radius 3 is 2.68 bits per heavy atom. The number of hydrogen-bond acceptors (Lipinski definition) is 6. The highest BCUT2D eigenvalue weighted by Crippen LogP contribution is 2.61. The van der Waals surface area contributed by atoms with Crippen molar-refractivity contribution in [2.24, 2.45) is 5.92 Å². The molecule has 3 unspecified atom stereocenters. The van der Waals surface area contributed by atoms with Crippen LogP contribution in [0.1, 0.15) is 27.4 Å². The third-order valence-corrected chi connectivity index (χ3v) is 8.69. The Balaban J connectivity index is 1.46. The molecule has 0 saturated carbocycles. The van der Waals surface area contributed by atoms with E-state index in [1.54, 1.807) is 18.2 Å². The number of para-hydroxylation sites is 1. The maximum absolute atomic E-state index is 14.5. The molecule has 4 aliphatic heterocycles. The van der Waals surface area contributed by atoms with Crippen LogP contribution >= 0.6 is 11.8 Å². The number of benzene rings is 3. The van der Waals surface area contributed by atoms with Gasteiger partial charge >= 0.3 is 0 Å². The minimum absolute atomic E-state index is 0.0431. The second-order valence-corrected chi connectivity index (χ2v) is 10.1. The number of carbonyl (C=O) groups is 2. The first kappa shape index (κ1) is 20.1. The van der Waals surface area contributed by atoms with Gasteiger partial charge in [-0.15, -0.1) is 11.8 Å². The fourth-order valence-corrected chi connectivity index (χ4v) is 7.64. The molecule has 4 aliphatic rings. The summed E-state index contributed by atoms with van der Waals surface area (Å²) in [6.07, 6.45) is 0. The normalized spacial score (nSPS) is 28.7. The molecule has 0 radical (unpaired) electrons. The number of amides is 1. The van der Waals surface area contributed by atoms with E-state index in [1.807, 2.05) is 54.2 Å². The lowest BCUT2D eigenvalue weighted by atomic mass is 9.69. The Labute approximate surface area is 201 Å². The molecular formula is C27H22N2O4S. The average Bonchev–Trinajstić information content (AvgIpc) is 3.63. The highest BCUT2D eigenvalue weighted by Gasteiger charge is 2.69. The van der Waals surface area contributed by atoms with Crippen LogP contribution in [0.5, 0.6) is 11.5 Å². The van der Waals surface area contributed by atoms with Crippen molar-refractivity contribution in [3.05, 3.63) is 89.5 Å². The minimum atomic E-state index is -1.06. The third-order valence-electron chi connectivity index (χ3n) is 7.65. The zero-order chi connectivity index (χ0) is 22.9. The van der Waals surface area contributed by atoms with Gasteiger partial charge in [-0.2, -0.15) is 0 Å². The average molecular weight is 471 g/mol. The Kier molecular flexibility index (Phi) is 4.35. The van der Waals surface area contributed by atoms with Gasteiger partial charge in [-0.25, -0.2) is 0 Å². The van der Waals surface area contributed by atoms with Crippen molar-refractivity contribution in [2.45, 2.75) is 17.5 Å². The number of nitrogens with zero attached hydrogens (tertiary/aromatic N) is 1. The number of fused-ring (bicyclic) bond motifs is 5. The summed E-state index contributed by atoms with van der Waals surface area (Å²) >= 11 is 1.83. The maximum Gasteiger partial charge on any atom is 0.250 e. The van der Waals surface area contributed by atoms with Gasteiger partial charge in [0, 0.05) is 40.4 Å². The van der Waals surface area contributed by atoms with Crippen molar-refractivity contribution in [2.75, 3.05) is 23.7 Å². The summed E-state index contributed by atoms with van der Waals surface area (Å²) in [6, 6.07) is 23.4. The fourth-order valence-electron chi connectivity index (χ4n) is 6.31. The van der Waals surface area contributed by atoms with Crippen LogP contribution in [0, 0.1) is 5.92 Å². The smallest absolute Gasteiger partial charge is 0.250 e. The molecule has 7 rings (SSSR count). The summed E-state index contributed by atoms with van der Waals surface area (Å²) in [5.74, 6) is 1.94. The summed E-state index contributed by atoms with van der Waals surface area (Å²) < 4.78 is 11.0. The first-order valence-electron chi connectivity index (χ1n) is 11.4. The first-order chi connectivity index (χ1) is 16.7. The van der Waals surface area contributed by atoms with E-state index in [4.69, 9.17) is 9.47 Å². The molecule has 6 nitrogen and oxygen atoms in total. The molecule has 0 bridgehead atoms. The number of anilines is 1. The third kappa shape index (κ3) is 2.56. The van der Waals surface area contributed by atoms with Crippen LogP contribution < -0.4 is 14.8 Å². The lowest BCUT2D eigenvalue weighted by Crippen LogP contribution is -2.52. The quantitative estimate of drug-likeness (QED) is 0.578. The molecule has 7 heteroatoms. The van der Waals surface area contributed by atoms with E-state index in [0.29, 0.717) is 22.9 Å². The Hall–Kier alpha value is -3.29. The second-order valence-electron chi connectivity index (χ2n) is 9.15. The number of ketones is 1. The van der Waals surface area contributed by atoms with E-state index in [-0.39, 0.29) is 30.4 Å². The molecule has 2 fully saturated rings. The van der Waals surface area contributed by atoms with Gasteiger partial charge in [-0.05, 0) is 29.8 Å². The monoisotopic (exact) mass is 470 g/mol. The fraction of sp³-hybridized carbons (Fsp3) is 0.259. The van der Waals surface area contributed by atoms with E-state index >= 15 is 0 Å². The Morgan fingerprint density at radius 2 is 1.79 bits per heavy atom. The van der Waals surface area contributed by atoms with Crippen molar-refractivity contribution >= 4 is 29.1 Å². The number of ether oxygens (including phenoxy) is 2. The van der Waals surface area contributed by atoms with E-state index in [0.717, 1.165) is 22.6 Å². The van der Waals surface area contributed by atoms with Crippen LogP contribution in [0.25, 0.3) is 0 Å². The topological polar surface area (TPSA) is 67.9 Å². The highest BCUT2D eigenvalue weighted by atomic mass is 32.2.